The van der Waals surface area contributed by atoms with Crippen LogP contribution in [0.4, 0.5) is 0 Å². The van der Waals surface area contributed by atoms with E-state index in [1.165, 1.54) is 0 Å². The van der Waals surface area contributed by atoms with Crippen molar-refractivity contribution in [3.05, 3.63) is 62.5 Å². The van der Waals surface area contributed by atoms with Gasteiger partial charge in [0, 0.05) is 4.47 Å². The van der Waals surface area contributed by atoms with Crippen molar-refractivity contribution in [1.29, 1.82) is 0 Å². The van der Waals surface area contributed by atoms with Gasteiger partial charge in [-0.3, -0.25) is 0 Å². The third kappa shape index (κ3) is 4.33. The molecule has 1 unspecified atom stereocenters. The lowest BCUT2D eigenvalue weighted by Gasteiger charge is -2.12. The third-order valence-corrected chi connectivity index (χ3v) is 4.16. The van der Waals surface area contributed by atoms with Crippen molar-refractivity contribution in [1.82, 2.24) is 0 Å². The first-order valence-electron chi connectivity index (χ1n) is 6.33. The molecule has 0 saturated carbocycles. The van der Waals surface area contributed by atoms with Gasteiger partial charge in [0.25, 0.3) is 0 Å². The largest absolute Gasteiger partial charge is 0.496 e. The minimum Gasteiger partial charge on any atom is -0.496 e. The number of benzene rings is 2. The first-order chi connectivity index (χ1) is 9.58. The molecule has 0 heterocycles. The molecule has 20 heavy (non-hydrogen) atoms. The van der Waals surface area contributed by atoms with Gasteiger partial charge >= 0.3 is 0 Å². The lowest BCUT2D eigenvalue weighted by Crippen LogP contribution is -2.14. The number of aliphatic hydroxyl groups excluding tert-OH is 1. The predicted molar refractivity (Wildman–Crippen MR) is 88.3 cm³/mol. The Balaban J connectivity index is 2.01. The van der Waals surface area contributed by atoms with Crippen molar-refractivity contribution in [2.45, 2.75) is 18.9 Å². The molecule has 2 aromatic carbocycles. The normalized spacial score (nSPS) is 12.2. The number of halogens is 2. The van der Waals surface area contributed by atoms with Gasteiger partial charge in [0.15, 0.2) is 0 Å². The Labute approximate surface area is 136 Å². The Hall–Kier alpha value is -0.840. The van der Waals surface area contributed by atoms with E-state index in [-0.39, 0.29) is 0 Å². The van der Waals surface area contributed by atoms with Gasteiger partial charge in [-0.15, -0.1) is 0 Å². The Morgan fingerprint density at radius 1 is 1.05 bits per heavy atom. The first kappa shape index (κ1) is 15.5. The van der Waals surface area contributed by atoms with Gasteiger partial charge in [0.05, 0.1) is 17.7 Å². The molecule has 0 aliphatic heterocycles. The van der Waals surface area contributed by atoms with Crippen LogP contribution in [0.3, 0.4) is 0 Å². The maximum Gasteiger partial charge on any atom is 0.133 e. The summed E-state index contributed by atoms with van der Waals surface area (Å²) in [6, 6.07) is 13.9. The highest BCUT2D eigenvalue weighted by Crippen LogP contribution is 2.26. The highest BCUT2D eigenvalue weighted by atomic mass is 79.9. The van der Waals surface area contributed by atoms with Gasteiger partial charge in [-0.05, 0) is 64.2 Å². The molecule has 0 radical (unpaired) electrons. The monoisotopic (exact) mass is 398 g/mol. The molecule has 2 nitrogen and oxygen atoms in total. The number of aliphatic hydroxyl groups is 1. The van der Waals surface area contributed by atoms with E-state index in [4.69, 9.17) is 4.74 Å². The summed E-state index contributed by atoms with van der Waals surface area (Å²) in [4.78, 5) is 0. The molecule has 2 rings (SSSR count). The Kier molecular flexibility index (Phi) is 5.64. The van der Waals surface area contributed by atoms with Crippen LogP contribution in [0.5, 0.6) is 5.75 Å². The zero-order valence-electron chi connectivity index (χ0n) is 11.1. The predicted octanol–water partition coefficient (Wildman–Crippen LogP) is 4.37. The molecule has 0 spiro atoms. The maximum absolute atomic E-state index is 10.2. The second kappa shape index (κ2) is 7.25. The molecule has 0 saturated heterocycles. The molecule has 1 atom stereocenters. The summed E-state index contributed by atoms with van der Waals surface area (Å²) >= 11 is 6.90. The molecule has 0 aromatic heterocycles. The van der Waals surface area contributed by atoms with Crippen LogP contribution in [0.2, 0.25) is 0 Å². The molecule has 0 amide bonds. The van der Waals surface area contributed by atoms with Crippen LogP contribution >= 0.6 is 31.9 Å². The fourth-order valence-electron chi connectivity index (χ4n) is 2.12. The standard InChI is InChI=1S/C16H16Br2O2/c1-20-16-6-5-12(10-15(16)18)9-14(19)8-11-3-2-4-13(17)7-11/h2-7,10,14,19H,8-9H2,1H3. The van der Waals surface area contributed by atoms with Gasteiger partial charge in [-0.2, -0.15) is 0 Å². The molecule has 0 aliphatic rings. The minimum absolute atomic E-state index is 0.399. The average Bonchev–Trinajstić information content (AvgIpc) is 2.38. The first-order valence-corrected chi connectivity index (χ1v) is 7.92. The topological polar surface area (TPSA) is 29.5 Å². The van der Waals surface area contributed by atoms with Gasteiger partial charge in [0.2, 0.25) is 0 Å². The third-order valence-electron chi connectivity index (χ3n) is 3.05. The Bertz CT molecular complexity index is 584. The van der Waals surface area contributed by atoms with E-state index in [9.17, 15) is 5.11 Å². The summed E-state index contributed by atoms with van der Waals surface area (Å²) in [5.74, 6) is 0.801. The van der Waals surface area contributed by atoms with Gasteiger partial charge < -0.3 is 9.84 Å². The molecule has 4 heteroatoms. The summed E-state index contributed by atoms with van der Waals surface area (Å²) in [6.45, 7) is 0. The van der Waals surface area contributed by atoms with Gasteiger partial charge in [-0.1, -0.05) is 34.1 Å². The highest BCUT2D eigenvalue weighted by Gasteiger charge is 2.09. The van der Waals surface area contributed by atoms with Crippen LogP contribution in [0.1, 0.15) is 11.1 Å². The lowest BCUT2D eigenvalue weighted by molar-refractivity contribution is 0.175. The zero-order chi connectivity index (χ0) is 14.5. The number of methoxy groups -OCH3 is 1. The number of hydrogen-bond donors (Lipinski definition) is 1. The van der Waals surface area contributed by atoms with Crippen molar-refractivity contribution in [2.75, 3.05) is 7.11 Å². The van der Waals surface area contributed by atoms with Crippen molar-refractivity contribution >= 4 is 31.9 Å². The second-order valence-corrected chi connectivity index (χ2v) is 6.43. The van der Waals surface area contributed by atoms with Crippen LogP contribution in [-0.4, -0.2) is 18.3 Å². The lowest BCUT2D eigenvalue weighted by atomic mass is 10.0. The van der Waals surface area contributed by atoms with Crippen LogP contribution in [0.25, 0.3) is 0 Å². The quantitative estimate of drug-likeness (QED) is 0.808. The highest BCUT2D eigenvalue weighted by molar-refractivity contribution is 9.10. The summed E-state index contributed by atoms with van der Waals surface area (Å²) in [5.41, 5.74) is 2.21. The van der Waals surface area contributed by atoms with Crippen LogP contribution in [0.15, 0.2) is 51.4 Å². The zero-order valence-corrected chi connectivity index (χ0v) is 14.3. The average molecular weight is 400 g/mol. The van der Waals surface area contributed by atoms with E-state index in [0.29, 0.717) is 12.8 Å². The summed E-state index contributed by atoms with van der Waals surface area (Å²) < 4.78 is 7.15. The fourth-order valence-corrected chi connectivity index (χ4v) is 3.15. The SMILES string of the molecule is COc1ccc(CC(O)Cc2cccc(Br)c2)cc1Br. The smallest absolute Gasteiger partial charge is 0.133 e. The minimum atomic E-state index is -0.399. The summed E-state index contributed by atoms with van der Waals surface area (Å²) in [6.07, 6.45) is 0.864. The number of hydrogen-bond acceptors (Lipinski definition) is 2. The molecule has 0 bridgehead atoms. The van der Waals surface area contributed by atoms with E-state index in [0.717, 1.165) is 25.8 Å². The van der Waals surface area contributed by atoms with Crippen LogP contribution < -0.4 is 4.74 Å². The Morgan fingerprint density at radius 2 is 1.75 bits per heavy atom. The van der Waals surface area contributed by atoms with E-state index < -0.39 is 6.10 Å². The van der Waals surface area contributed by atoms with Crippen molar-refractivity contribution in [3.63, 3.8) is 0 Å². The van der Waals surface area contributed by atoms with Crippen molar-refractivity contribution in [3.8, 4) is 5.75 Å². The summed E-state index contributed by atoms with van der Waals surface area (Å²) in [5, 5.41) is 10.2. The molecule has 1 N–H and O–H groups in total. The van der Waals surface area contributed by atoms with E-state index in [2.05, 4.69) is 31.9 Å². The molecule has 2 aromatic rings. The maximum atomic E-state index is 10.2. The summed E-state index contributed by atoms with van der Waals surface area (Å²) in [7, 11) is 1.64. The van der Waals surface area contributed by atoms with E-state index in [1.54, 1.807) is 7.11 Å². The number of rotatable bonds is 5. The second-order valence-electron chi connectivity index (χ2n) is 4.66. The Morgan fingerprint density at radius 3 is 2.35 bits per heavy atom. The van der Waals surface area contributed by atoms with Crippen molar-refractivity contribution < 1.29 is 9.84 Å². The van der Waals surface area contributed by atoms with Crippen LogP contribution in [0, 0.1) is 0 Å². The number of ether oxygens (including phenoxy) is 1. The van der Waals surface area contributed by atoms with Crippen LogP contribution in [-0.2, 0) is 12.8 Å². The van der Waals surface area contributed by atoms with Gasteiger partial charge in [0.1, 0.15) is 5.75 Å². The molecular weight excluding hydrogens is 384 g/mol. The van der Waals surface area contributed by atoms with Crippen molar-refractivity contribution in [2.24, 2.45) is 0 Å². The van der Waals surface area contributed by atoms with E-state index in [1.807, 2.05) is 42.5 Å². The van der Waals surface area contributed by atoms with E-state index >= 15 is 0 Å². The molecule has 0 aliphatic carbocycles. The fraction of sp³-hybridized carbons (Fsp3) is 0.250. The van der Waals surface area contributed by atoms with Gasteiger partial charge in [-0.25, -0.2) is 0 Å². The molecule has 106 valence electrons. The molecule has 0 fully saturated rings. The molecular formula is C16H16Br2O2.